The SMILES string of the molecule is Clc1ccc(Nc2nnc(-c3ccc(Br)cc3)s2)cc1. The molecule has 0 aliphatic heterocycles. The van der Waals surface area contributed by atoms with Crippen molar-refractivity contribution >= 4 is 49.7 Å². The van der Waals surface area contributed by atoms with Crippen molar-refractivity contribution in [1.82, 2.24) is 10.2 Å². The van der Waals surface area contributed by atoms with Crippen LogP contribution in [0.15, 0.2) is 53.0 Å². The maximum atomic E-state index is 5.85. The third kappa shape index (κ3) is 3.17. The second-order valence-electron chi connectivity index (χ2n) is 4.05. The maximum Gasteiger partial charge on any atom is 0.210 e. The highest BCUT2D eigenvalue weighted by atomic mass is 79.9. The van der Waals surface area contributed by atoms with E-state index < -0.39 is 0 Å². The molecule has 0 saturated heterocycles. The minimum Gasteiger partial charge on any atom is -0.330 e. The summed E-state index contributed by atoms with van der Waals surface area (Å²) in [4.78, 5) is 0. The number of aromatic nitrogens is 2. The van der Waals surface area contributed by atoms with Gasteiger partial charge in [-0.15, -0.1) is 10.2 Å². The van der Waals surface area contributed by atoms with Crippen LogP contribution in [-0.4, -0.2) is 10.2 Å². The van der Waals surface area contributed by atoms with Crippen molar-refractivity contribution in [2.24, 2.45) is 0 Å². The predicted octanol–water partition coefficient (Wildman–Crippen LogP) is 5.36. The largest absolute Gasteiger partial charge is 0.330 e. The first-order valence-corrected chi connectivity index (χ1v) is 7.81. The second kappa shape index (κ2) is 5.91. The molecule has 6 heteroatoms. The molecule has 0 saturated carbocycles. The van der Waals surface area contributed by atoms with Crippen LogP contribution in [0.1, 0.15) is 0 Å². The van der Waals surface area contributed by atoms with Crippen LogP contribution in [0.2, 0.25) is 5.02 Å². The Bertz CT molecular complexity index is 710. The van der Waals surface area contributed by atoms with Crippen LogP contribution >= 0.6 is 38.9 Å². The maximum absolute atomic E-state index is 5.85. The van der Waals surface area contributed by atoms with Crippen LogP contribution in [0.25, 0.3) is 10.6 Å². The standard InChI is InChI=1S/C14H9BrClN3S/c15-10-3-1-9(2-4-10)13-18-19-14(20-13)17-12-7-5-11(16)6-8-12/h1-8H,(H,17,19). The van der Waals surface area contributed by atoms with Crippen molar-refractivity contribution in [3.05, 3.63) is 58.0 Å². The fraction of sp³-hybridized carbons (Fsp3) is 0. The molecule has 0 aliphatic rings. The number of anilines is 2. The zero-order chi connectivity index (χ0) is 13.9. The minimum atomic E-state index is 0.711. The summed E-state index contributed by atoms with van der Waals surface area (Å²) in [5.74, 6) is 0. The van der Waals surface area contributed by atoms with E-state index in [1.807, 2.05) is 48.5 Å². The molecule has 0 aliphatic carbocycles. The van der Waals surface area contributed by atoms with Gasteiger partial charge in [0, 0.05) is 20.7 Å². The van der Waals surface area contributed by atoms with Gasteiger partial charge in [0.1, 0.15) is 5.01 Å². The molecule has 3 aromatic rings. The molecule has 20 heavy (non-hydrogen) atoms. The summed E-state index contributed by atoms with van der Waals surface area (Å²) in [6.07, 6.45) is 0. The summed E-state index contributed by atoms with van der Waals surface area (Å²) < 4.78 is 1.05. The molecule has 3 nitrogen and oxygen atoms in total. The predicted molar refractivity (Wildman–Crippen MR) is 87.8 cm³/mol. The Morgan fingerprint density at radius 2 is 1.65 bits per heavy atom. The van der Waals surface area contributed by atoms with Gasteiger partial charge in [-0.1, -0.05) is 51.0 Å². The van der Waals surface area contributed by atoms with Gasteiger partial charge in [-0.2, -0.15) is 0 Å². The molecule has 0 unspecified atom stereocenters. The summed E-state index contributed by atoms with van der Waals surface area (Å²) in [6.45, 7) is 0. The van der Waals surface area contributed by atoms with Gasteiger partial charge in [0.15, 0.2) is 0 Å². The van der Waals surface area contributed by atoms with Crippen LogP contribution < -0.4 is 5.32 Å². The summed E-state index contributed by atoms with van der Waals surface area (Å²) in [5.41, 5.74) is 1.99. The molecule has 0 amide bonds. The first kappa shape index (κ1) is 13.5. The first-order valence-electron chi connectivity index (χ1n) is 5.83. The van der Waals surface area contributed by atoms with Crippen molar-refractivity contribution in [2.75, 3.05) is 5.32 Å². The van der Waals surface area contributed by atoms with Crippen molar-refractivity contribution in [1.29, 1.82) is 0 Å². The van der Waals surface area contributed by atoms with E-state index in [2.05, 4.69) is 31.4 Å². The smallest absolute Gasteiger partial charge is 0.210 e. The van der Waals surface area contributed by atoms with Crippen LogP contribution in [-0.2, 0) is 0 Å². The van der Waals surface area contributed by atoms with Gasteiger partial charge in [0.25, 0.3) is 0 Å². The molecule has 0 atom stereocenters. The average Bonchev–Trinajstić information content (AvgIpc) is 2.91. The molecule has 0 fully saturated rings. The minimum absolute atomic E-state index is 0.711. The van der Waals surface area contributed by atoms with Crippen LogP contribution in [0, 0.1) is 0 Å². The number of rotatable bonds is 3. The number of hydrogen-bond donors (Lipinski definition) is 1. The topological polar surface area (TPSA) is 37.8 Å². The van der Waals surface area contributed by atoms with Crippen molar-refractivity contribution in [3.8, 4) is 10.6 Å². The molecule has 3 rings (SSSR count). The second-order valence-corrected chi connectivity index (χ2v) is 6.38. The molecular formula is C14H9BrClN3S. The Morgan fingerprint density at radius 3 is 2.35 bits per heavy atom. The summed E-state index contributed by atoms with van der Waals surface area (Å²) in [6, 6.07) is 15.5. The zero-order valence-electron chi connectivity index (χ0n) is 10.2. The Labute approximate surface area is 133 Å². The summed E-state index contributed by atoms with van der Waals surface area (Å²) >= 11 is 10.8. The van der Waals surface area contributed by atoms with E-state index in [0.717, 1.165) is 25.9 Å². The lowest BCUT2D eigenvalue weighted by molar-refractivity contribution is 1.10. The van der Waals surface area contributed by atoms with Gasteiger partial charge in [-0.05, 0) is 36.4 Å². The molecule has 0 radical (unpaired) electrons. The highest BCUT2D eigenvalue weighted by Crippen LogP contribution is 2.29. The lowest BCUT2D eigenvalue weighted by Crippen LogP contribution is -1.88. The molecule has 2 aromatic carbocycles. The Morgan fingerprint density at radius 1 is 0.950 bits per heavy atom. The van der Waals surface area contributed by atoms with Gasteiger partial charge in [-0.25, -0.2) is 0 Å². The van der Waals surface area contributed by atoms with E-state index in [-0.39, 0.29) is 0 Å². The van der Waals surface area contributed by atoms with E-state index in [1.54, 1.807) is 0 Å². The lowest BCUT2D eigenvalue weighted by Gasteiger charge is -2.00. The molecular weight excluding hydrogens is 358 g/mol. The molecule has 0 bridgehead atoms. The quantitative estimate of drug-likeness (QED) is 0.677. The summed E-state index contributed by atoms with van der Waals surface area (Å²) in [5, 5.41) is 13.9. The molecule has 1 N–H and O–H groups in total. The van der Waals surface area contributed by atoms with Gasteiger partial charge < -0.3 is 5.32 Å². The molecule has 1 aromatic heterocycles. The average molecular weight is 367 g/mol. The van der Waals surface area contributed by atoms with Crippen molar-refractivity contribution < 1.29 is 0 Å². The van der Waals surface area contributed by atoms with Gasteiger partial charge in [0.2, 0.25) is 5.13 Å². The van der Waals surface area contributed by atoms with Gasteiger partial charge >= 0.3 is 0 Å². The fourth-order valence-corrected chi connectivity index (χ4v) is 2.80. The van der Waals surface area contributed by atoms with E-state index in [0.29, 0.717) is 5.02 Å². The zero-order valence-corrected chi connectivity index (χ0v) is 13.3. The highest BCUT2D eigenvalue weighted by Gasteiger charge is 2.06. The van der Waals surface area contributed by atoms with Gasteiger partial charge in [-0.3, -0.25) is 0 Å². The van der Waals surface area contributed by atoms with Crippen LogP contribution in [0.4, 0.5) is 10.8 Å². The van der Waals surface area contributed by atoms with E-state index in [4.69, 9.17) is 11.6 Å². The molecule has 0 spiro atoms. The highest BCUT2D eigenvalue weighted by molar-refractivity contribution is 9.10. The Balaban J connectivity index is 1.80. The summed E-state index contributed by atoms with van der Waals surface area (Å²) in [7, 11) is 0. The number of nitrogens with zero attached hydrogens (tertiary/aromatic N) is 2. The monoisotopic (exact) mass is 365 g/mol. The fourth-order valence-electron chi connectivity index (χ4n) is 1.64. The van der Waals surface area contributed by atoms with Crippen LogP contribution in [0.5, 0.6) is 0 Å². The molecule has 1 heterocycles. The molecule has 100 valence electrons. The van der Waals surface area contributed by atoms with Crippen molar-refractivity contribution in [2.45, 2.75) is 0 Å². The number of hydrogen-bond acceptors (Lipinski definition) is 4. The number of nitrogens with one attached hydrogen (secondary N) is 1. The normalized spacial score (nSPS) is 10.5. The Hall–Kier alpha value is -1.43. The van der Waals surface area contributed by atoms with E-state index in [9.17, 15) is 0 Å². The lowest BCUT2D eigenvalue weighted by atomic mass is 10.2. The number of benzene rings is 2. The van der Waals surface area contributed by atoms with Crippen molar-refractivity contribution in [3.63, 3.8) is 0 Å². The third-order valence-electron chi connectivity index (χ3n) is 2.61. The number of halogens is 2. The third-order valence-corrected chi connectivity index (χ3v) is 4.28. The van der Waals surface area contributed by atoms with Crippen LogP contribution in [0.3, 0.4) is 0 Å². The van der Waals surface area contributed by atoms with E-state index in [1.165, 1.54) is 11.3 Å². The first-order chi connectivity index (χ1) is 9.70. The Kier molecular flexibility index (Phi) is 4.00. The van der Waals surface area contributed by atoms with Gasteiger partial charge in [0.05, 0.1) is 0 Å². The van der Waals surface area contributed by atoms with E-state index >= 15 is 0 Å².